The first-order valence-electron chi connectivity index (χ1n) is 13.6. The van der Waals surface area contributed by atoms with Crippen LogP contribution < -0.4 is 5.32 Å². The summed E-state index contributed by atoms with van der Waals surface area (Å²) < 4.78 is 0. The molecule has 0 amide bonds. The molecule has 0 radical (unpaired) electrons. The van der Waals surface area contributed by atoms with Gasteiger partial charge in [-0.3, -0.25) is 0 Å². The third kappa shape index (κ3) is 4.01. The van der Waals surface area contributed by atoms with Crippen LogP contribution in [0.25, 0.3) is 0 Å². The Labute approximate surface area is 196 Å². The van der Waals surface area contributed by atoms with Crippen LogP contribution in [0, 0.1) is 46.3 Å². The Morgan fingerprint density at radius 2 is 1.75 bits per heavy atom. The highest BCUT2D eigenvalue weighted by Gasteiger charge is 2.65. The number of ketones is 1. The quantitative estimate of drug-likeness (QED) is 0.538. The van der Waals surface area contributed by atoms with Crippen molar-refractivity contribution in [3.8, 4) is 0 Å². The lowest BCUT2D eigenvalue weighted by atomic mass is 9.42. The number of rotatable bonds is 6. The molecule has 0 aromatic heterocycles. The van der Waals surface area contributed by atoms with Gasteiger partial charge in [-0.1, -0.05) is 34.6 Å². The maximum Gasteiger partial charge on any atom is 0.129 e. The molecule has 2 unspecified atom stereocenters. The van der Waals surface area contributed by atoms with Gasteiger partial charge >= 0.3 is 0 Å². The van der Waals surface area contributed by atoms with Crippen LogP contribution in [0.1, 0.15) is 99.3 Å². The number of fused-ring (bicyclic) bond motifs is 5. The monoisotopic (exact) mass is 447 g/mol. The van der Waals surface area contributed by atoms with E-state index >= 15 is 0 Å². The molecule has 4 saturated carbocycles. The Hall–Kier alpha value is -0.450. The molecule has 4 aliphatic carbocycles. The van der Waals surface area contributed by atoms with Crippen molar-refractivity contribution < 1.29 is 15.0 Å². The second-order valence-corrected chi connectivity index (χ2v) is 13.1. The molecule has 0 spiro atoms. The number of hydrogen-bond donors (Lipinski definition) is 3. The summed E-state index contributed by atoms with van der Waals surface area (Å²) in [5, 5.41) is 25.9. The molecule has 11 atom stereocenters. The van der Waals surface area contributed by atoms with Gasteiger partial charge in [-0.15, -0.1) is 0 Å². The third-order valence-corrected chi connectivity index (χ3v) is 11.1. The highest BCUT2D eigenvalue weighted by molar-refractivity contribution is 5.75. The number of carbonyl (C=O) groups excluding carboxylic acids is 1. The van der Waals surface area contributed by atoms with E-state index < -0.39 is 0 Å². The van der Waals surface area contributed by atoms with Gasteiger partial charge in [0, 0.05) is 18.5 Å². The van der Waals surface area contributed by atoms with E-state index in [0.717, 1.165) is 38.5 Å². The summed E-state index contributed by atoms with van der Waals surface area (Å²) in [4.78, 5) is 11.7. The van der Waals surface area contributed by atoms with Gasteiger partial charge in [0.15, 0.2) is 0 Å². The van der Waals surface area contributed by atoms with Crippen molar-refractivity contribution >= 4 is 5.78 Å². The highest BCUT2D eigenvalue weighted by Crippen LogP contribution is 2.68. The molecule has 0 saturated heterocycles. The summed E-state index contributed by atoms with van der Waals surface area (Å²) in [5.74, 6) is 3.35. The summed E-state index contributed by atoms with van der Waals surface area (Å²) in [7, 11) is 0. The molecule has 4 nitrogen and oxygen atoms in total. The van der Waals surface area contributed by atoms with E-state index in [1.54, 1.807) is 6.92 Å². The molecule has 32 heavy (non-hydrogen) atoms. The summed E-state index contributed by atoms with van der Waals surface area (Å²) in [5.41, 5.74) is 0.402. The van der Waals surface area contributed by atoms with Crippen LogP contribution >= 0.6 is 0 Å². The van der Waals surface area contributed by atoms with E-state index in [1.807, 2.05) is 0 Å². The fourth-order valence-electron chi connectivity index (χ4n) is 9.45. The lowest BCUT2D eigenvalue weighted by Gasteiger charge is -2.64. The van der Waals surface area contributed by atoms with Crippen molar-refractivity contribution in [2.24, 2.45) is 46.3 Å². The van der Waals surface area contributed by atoms with Crippen molar-refractivity contribution in [2.45, 2.75) is 124 Å². The Morgan fingerprint density at radius 1 is 1.03 bits per heavy atom. The number of hydrogen-bond acceptors (Lipinski definition) is 4. The number of Topliss-reactive ketones (excluding diaryl/α,β-unsaturated/α-hetero) is 1. The Morgan fingerprint density at radius 3 is 2.41 bits per heavy atom. The van der Waals surface area contributed by atoms with Gasteiger partial charge in [-0.25, -0.2) is 0 Å². The molecule has 4 aliphatic rings. The molecule has 3 N–H and O–H groups in total. The Bertz CT molecular complexity index is 694. The van der Waals surface area contributed by atoms with Crippen molar-refractivity contribution in [1.29, 1.82) is 0 Å². The molecule has 0 aromatic carbocycles. The predicted molar refractivity (Wildman–Crippen MR) is 129 cm³/mol. The topological polar surface area (TPSA) is 69.6 Å². The Balaban J connectivity index is 1.67. The van der Waals surface area contributed by atoms with Crippen molar-refractivity contribution in [1.82, 2.24) is 5.32 Å². The number of aliphatic hydroxyl groups is 2. The molecular weight excluding hydrogens is 398 g/mol. The van der Waals surface area contributed by atoms with Gasteiger partial charge in [0.25, 0.3) is 0 Å². The highest BCUT2D eigenvalue weighted by atomic mass is 16.3. The van der Waals surface area contributed by atoms with Crippen LogP contribution in [0.2, 0.25) is 0 Å². The fraction of sp³-hybridized carbons (Fsp3) is 0.964. The minimum Gasteiger partial charge on any atom is -0.393 e. The third-order valence-electron chi connectivity index (χ3n) is 11.1. The molecule has 4 heteroatoms. The second kappa shape index (κ2) is 8.96. The first-order valence-corrected chi connectivity index (χ1v) is 13.6. The Kier molecular flexibility index (Phi) is 6.91. The van der Waals surface area contributed by atoms with Crippen molar-refractivity contribution in [3.05, 3.63) is 0 Å². The van der Waals surface area contributed by atoms with Crippen LogP contribution in [0.4, 0.5) is 0 Å². The largest absolute Gasteiger partial charge is 0.393 e. The molecule has 4 rings (SSSR count). The van der Waals surface area contributed by atoms with Crippen LogP contribution in [-0.2, 0) is 4.79 Å². The molecule has 4 fully saturated rings. The number of nitrogens with one attached hydrogen (secondary N) is 1. The van der Waals surface area contributed by atoms with Crippen molar-refractivity contribution in [2.75, 3.05) is 0 Å². The van der Waals surface area contributed by atoms with E-state index in [-0.39, 0.29) is 23.0 Å². The fourth-order valence-corrected chi connectivity index (χ4v) is 9.45. The van der Waals surface area contributed by atoms with Gasteiger partial charge in [0.1, 0.15) is 5.78 Å². The van der Waals surface area contributed by atoms with Gasteiger partial charge in [-0.2, -0.15) is 0 Å². The number of carbonyl (C=O) groups is 1. The first kappa shape index (κ1) is 24.7. The van der Waals surface area contributed by atoms with Gasteiger partial charge < -0.3 is 20.3 Å². The maximum atomic E-state index is 11.7. The molecule has 184 valence electrons. The van der Waals surface area contributed by atoms with Crippen LogP contribution in [-0.4, -0.2) is 40.3 Å². The maximum absolute atomic E-state index is 11.7. The zero-order valence-electron chi connectivity index (χ0n) is 21.4. The van der Waals surface area contributed by atoms with E-state index in [4.69, 9.17) is 0 Å². The summed E-state index contributed by atoms with van der Waals surface area (Å²) in [6.07, 6.45) is 8.60. The lowest BCUT2D eigenvalue weighted by Crippen LogP contribution is -2.65. The van der Waals surface area contributed by atoms with E-state index in [1.165, 1.54) is 12.8 Å². The van der Waals surface area contributed by atoms with Gasteiger partial charge in [0.2, 0.25) is 0 Å². The molecule has 0 aromatic rings. The van der Waals surface area contributed by atoms with Crippen LogP contribution in [0.3, 0.4) is 0 Å². The van der Waals surface area contributed by atoms with E-state index in [9.17, 15) is 15.0 Å². The normalized spacial score (nSPS) is 49.3. The van der Waals surface area contributed by atoms with Gasteiger partial charge in [0.05, 0.1) is 12.2 Å². The zero-order chi connectivity index (χ0) is 23.4. The summed E-state index contributed by atoms with van der Waals surface area (Å²) in [6, 6.07) is 0.892. The molecule has 0 bridgehead atoms. The molecular formula is C28H49NO3. The average Bonchev–Trinajstić information content (AvgIpc) is 3.06. The average molecular weight is 448 g/mol. The molecule has 0 heterocycles. The van der Waals surface area contributed by atoms with Gasteiger partial charge in [-0.05, 0) is 105 Å². The summed E-state index contributed by atoms with van der Waals surface area (Å²) >= 11 is 0. The van der Waals surface area contributed by atoms with Crippen molar-refractivity contribution in [3.63, 3.8) is 0 Å². The minimum absolute atomic E-state index is 0.167. The predicted octanol–water partition coefficient (Wildman–Crippen LogP) is 4.96. The van der Waals surface area contributed by atoms with E-state index in [0.29, 0.717) is 59.8 Å². The minimum atomic E-state index is -0.237. The van der Waals surface area contributed by atoms with Crippen LogP contribution in [0.15, 0.2) is 0 Å². The standard InChI is InChI=1S/C28H49NO3/c1-16(2)29-25-15-23-26(24(32)14-19-13-20(31)11-12-27(19,23)5)22-10-9-21(28(22,25)6)17(3)7-8-18(4)30/h16-17,19-26,29,31-32H,7-15H2,1-6H3/t17-,19+,20-,21-,22+,23+,24?,25?,26+,27+,28-/m1/s1. The summed E-state index contributed by atoms with van der Waals surface area (Å²) in [6.45, 7) is 13.6. The first-order chi connectivity index (χ1) is 15.0. The molecule has 0 aliphatic heterocycles. The second-order valence-electron chi connectivity index (χ2n) is 13.1. The zero-order valence-corrected chi connectivity index (χ0v) is 21.4. The number of aliphatic hydroxyl groups excluding tert-OH is 2. The SMILES string of the molecule is CC(=O)CC[C@@H](C)[C@H]1CC[C@H]2[C@@H]3C(O)C[C@@H]4C[C@H](O)CC[C@]4(C)[C@H]3CC(NC(C)C)[C@]12C. The smallest absolute Gasteiger partial charge is 0.129 e. The lowest BCUT2D eigenvalue weighted by molar-refractivity contribution is -0.183. The van der Waals surface area contributed by atoms with E-state index in [2.05, 4.69) is 39.9 Å². The van der Waals surface area contributed by atoms with Crippen LogP contribution in [0.5, 0.6) is 0 Å².